The van der Waals surface area contributed by atoms with Crippen molar-refractivity contribution in [2.24, 2.45) is 0 Å². The Balaban J connectivity index is 1.88. The summed E-state index contributed by atoms with van der Waals surface area (Å²) in [6, 6.07) is 5.44. The summed E-state index contributed by atoms with van der Waals surface area (Å²) >= 11 is 0. The molecule has 5 heteroatoms. The summed E-state index contributed by atoms with van der Waals surface area (Å²) in [7, 11) is 1.67. The van der Waals surface area contributed by atoms with E-state index in [0.29, 0.717) is 0 Å². The molecular weight excluding hydrogens is 230 g/mol. The fourth-order valence-electron chi connectivity index (χ4n) is 2.10. The Hall–Kier alpha value is -1.46. The second kappa shape index (κ2) is 5.93. The Kier molecular flexibility index (Phi) is 4.28. The van der Waals surface area contributed by atoms with Gasteiger partial charge in [-0.3, -0.25) is 9.78 Å². The van der Waals surface area contributed by atoms with E-state index in [1.807, 2.05) is 25.1 Å². The van der Waals surface area contributed by atoms with Gasteiger partial charge in [0.1, 0.15) is 0 Å². The second-order valence-corrected chi connectivity index (χ2v) is 4.54. The lowest BCUT2D eigenvalue weighted by molar-refractivity contribution is -0.123. The summed E-state index contributed by atoms with van der Waals surface area (Å²) in [4.78, 5) is 16.3. The third-order valence-electron chi connectivity index (χ3n) is 3.23. The minimum atomic E-state index is -0.166. The third kappa shape index (κ3) is 3.05. The van der Waals surface area contributed by atoms with Gasteiger partial charge in [0.25, 0.3) is 0 Å². The number of aromatic nitrogens is 1. The van der Waals surface area contributed by atoms with Gasteiger partial charge in [0, 0.05) is 19.9 Å². The van der Waals surface area contributed by atoms with Crippen LogP contribution < -0.4 is 10.6 Å². The molecule has 1 aliphatic heterocycles. The predicted octanol–water partition coefficient (Wildman–Crippen LogP) is 0.636. The van der Waals surface area contributed by atoms with Crippen molar-refractivity contribution in [3.8, 4) is 0 Å². The molecule has 1 saturated heterocycles. The number of methoxy groups -OCH3 is 1. The molecule has 18 heavy (non-hydrogen) atoms. The molecule has 1 amide bonds. The van der Waals surface area contributed by atoms with Gasteiger partial charge in [0.2, 0.25) is 5.91 Å². The molecule has 2 N–H and O–H groups in total. The zero-order valence-electron chi connectivity index (χ0n) is 10.7. The van der Waals surface area contributed by atoms with E-state index in [9.17, 15) is 4.79 Å². The van der Waals surface area contributed by atoms with Crippen molar-refractivity contribution in [1.82, 2.24) is 15.6 Å². The Morgan fingerprint density at radius 1 is 1.61 bits per heavy atom. The number of rotatable bonds is 4. The van der Waals surface area contributed by atoms with Gasteiger partial charge in [-0.05, 0) is 25.5 Å². The minimum absolute atomic E-state index is 0.00713. The number of carbonyl (C=O) groups is 1. The molecule has 2 unspecified atom stereocenters. The van der Waals surface area contributed by atoms with Crippen LogP contribution in [0.3, 0.4) is 0 Å². The summed E-state index contributed by atoms with van der Waals surface area (Å²) < 4.78 is 5.23. The third-order valence-corrected chi connectivity index (χ3v) is 3.23. The first kappa shape index (κ1) is 13.0. The van der Waals surface area contributed by atoms with E-state index < -0.39 is 0 Å². The van der Waals surface area contributed by atoms with Gasteiger partial charge < -0.3 is 15.4 Å². The average molecular weight is 249 g/mol. The Morgan fingerprint density at radius 2 is 2.44 bits per heavy atom. The molecule has 1 aromatic heterocycles. The van der Waals surface area contributed by atoms with Gasteiger partial charge in [0.15, 0.2) is 0 Å². The highest BCUT2D eigenvalue weighted by molar-refractivity contribution is 5.82. The average Bonchev–Trinajstić information content (AvgIpc) is 2.88. The Morgan fingerprint density at radius 3 is 3.06 bits per heavy atom. The molecule has 0 spiro atoms. The van der Waals surface area contributed by atoms with Crippen LogP contribution in [0.4, 0.5) is 0 Å². The highest BCUT2D eigenvalue weighted by Gasteiger charge is 2.29. The molecule has 0 bridgehead atoms. The number of nitrogens with zero attached hydrogens (tertiary/aromatic N) is 1. The van der Waals surface area contributed by atoms with Crippen LogP contribution in [-0.4, -0.2) is 36.7 Å². The summed E-state index contributed by atoms with van der Waals surface area (Å²) in [5.41, 5.74) is 0.868. The van der Waals surface area contributed by atoms with Crippen molar-refractivity contribution in [2.75, 3.05) is 13.7 Å². The molecule has 5 nitrogen and oxygen atoms in total. The zero-order valence-corrected chi connectivity index (χ0v) is 10.7. The predicted molar refractivity (Wildman–Crippen MR) is 68.0 cm³/mol. The number of ether oxygens (including phenoxy) is 1. The SMILES string of the molecule is COC1CNC(C(=O)N[C@H](C)c2ccccn2)C1. The van der Waals surface area contributed by atoms with E-state index in [-0.39, 0.29) is 24.1 Å². The van der Waals surface area contributed by atoms with Crippen LogP contribution in [0.5, 0.6) is 0 Å². The van der Waals surface area contributed by atoms with Crippen LogP contribution in [0.1, 0.15) is 25.1 Å². The molecule has 0 saturated carbocycles. The number of hydrogen-bond acceptors (Lipinski definition) is 4. The summed E-state index contributed by atoms with van der Waals surface area (Å²) in [6.07, 6.45) is 2.58. The maximum Gasteiger partial charge on any atom is 0.237 e. The second-order valence-electron chi connectivity index (χ2n) is 4.54. The van der Waals surface area contributed by atoms with Gasteiger partial charge in [-0.1, -0.05) is 6.07 Å². The molecule has 98 valence electrons. The first-order valence-electron chi connectivity index (χ1n) is 6.18. The highest BCUT2D eigenvalue weighted by Crippen LogP contribution is 2.12. The Bertz CT molecular complexity index is 396. The quantitative estimate of drug-likeness (QED) is 0.822. The van der Waals surface area contributed by atoms with Gasteiger partial charge >= 0.3 is 0 Å². The minimum Gasteiger partial charge on any atom is -0.380 e. The van der Waals surface area contributed by atoms with E-state index in [4.69, 9.17) is 4.74 Å². The lowest BCUT2D eigenvalue weighted by Gasteiger charge is -2.16. The van der Waals surface area contributed by atoms with Crippen molar-refractivity contribution >= 4 is 5.91 Å². The van der Waals surface area contributed by atoms with Crippen molar-refractivity contribution in [3.63, 3.8) is 0 Å². The van der Waals surface area contributed by atoms with Gasteiger partial charge in [0.05, 0.1) is 23.9 Å². The van der Waals surface area contributed by atoms with Crippen molar-refractivity contribution < 1.29 is 9.53 Å². The molecule has 1 aliphatic rings. The lowest BCUT2D eigenvalue weighted by atomic mass is 10.1. The normalized spacial score (nSPS) is 24.8. The van der Waals surface area contributed by atoms with Crippen LogP contribution in [0.25, 0.3) is 0 Å². The number of carbonyl (C=O) groups excluding carboxylic acids is 1. The van der Waals surface area contributed by atoms with Crippen molar-refractivity contribution in [1.29, 1.82) is 0 Å². The maximum atomic E-state index is 12.0. The largest absolute Gasteiger partial charge is 0.380 e. The summed E-state index contributed by atoms with van der Waals surface area (Å²) in [5.74, 6) is 0.00713. The molecular formula is C13H19N3O2. The van der Waals surface area contributed by atoms with E-state index in [1.54, 1.807) is 13.3 Å². The first-order valence-corrected chi connectivity index (χ1v) is 6.18. The van der Waals surface area contributed by atoms with Crippen LogP contribution in [-0.2, 0) is 9.53 Å². The fourth-order valence-corrected chi connectivity index (χ4v) is 2.10. The van der Waals surface area contributed by atoms with E-state index in [0.717, 1.165) is 18.7 Å². The zero-order chi connectivity index (χ0) is 13.0. The molecule has 2 heterocycles. The number of amides is 1. The topological polar surface area (TPSA) is 63.2 Å². The Labute approximate surface area is 107 Å². The molecule has 0 aliphatic carbocycles. The number of pyridine rings is 1. The van der Waals surface area contributed by atoms with E-state index >= 15 is 0 Å². The molecule has 1 aromatic rings. The highest BCUT2D eigenvalue weighted by atomic mass is 16.5. The maximum absolute atomic E-state index is 12.0. The van der Waals surface area contributed by atoms with Crippen molar-refractivity contribution in [3.05, 3.63) is 30.1 Å². The number of nitrogens with one attached hydrogen (secondary N) is 2. The van der Waals surface area contributed by atoms with Crippen LogP contribution >= 0.6 is 0 Å². The number of hydrogen-bond donors (Lipinski definition) is 2. The van der Waals surface area contributed by atoms with E-state index in [1.165, 1.54) is 0 Å². The molecule has 2 rings (SSSR count). The van der Waals surface area contributed by atoms with Gasteiger partial charge in [-0.25, -0.2) is 0 Å². The van der Waals surface area contributed by atoms with Crippen molar-refractivity contribution in [2.45, 2.75) is 31.5 Å². The molecule has 3 atom stereocenters. The smallest absolute Gasteiger partial charge is 0.237 e. The summed E-state index contributed by atoms with van der Waals surface area (Å²) in [5, 5.41) is 6.12. The van der Waals surface area contributed by atoms with Crippen LogP contribution in [0, 0.1) is 0 Å². The molecule has 1 fully saturated rings. The standard InChI is InChI=1S/C13H19N3O2/c1-9(11-5-3-4-6-14-11)16-13(17)12-7-10(18-2)8-15-12/h3-6,9-10,12,15H,7-8H2,1-2H3,(H,16,17)/t9-,10?,12?/m1/s1. The molecule has 0 radical (unpaired) electrons. The van der Waals surface area contributed by atoms with E-state index in [2.05, 4.69) is 15.6 Å². The van der Waals surface area contributed by atoms with Crippen LogP contribution in [0.2, 0.25) is 0 Å². The fraction of sp³-hybridized carbons (Fsp3) is 0.538. The summed E-state index contributed by atoms with van der Waals surface area (Å²) in [6.45, 7) is 2.66. The lowest BCUT2D eigenvalue weighted by Crippen LogP contribution is -2.41. The molecule has 0 aromatic carbocycles. The van der Waals surface area contributed by atoms with Gasteiger partial charge in [-0.2, -0.15) is 0 Å². The first-order chi connectivity index (χ1) is 8.70. The van der Waals surface area contributed by atoms with Crippen LogP contribution in [0.15, 0.2) is 24.4 Å². The monoisotopic (exact) mass is 249 g/mol. The van der Waals surface area contributed by atoms with Gasteiger partial charge in [-0.15, -0.1) is 0 Å².